The standard InChI is InChI=1S/C22H30O2Si/c1-5-25(6-2,7-3)24-22(20-11-9-8-10-12-20)21(17-23)19-15-13-18(4)14-16-19/h8-16,23H,5-7,17H2,1-4H3/b22-21-. The van der Waals surface area contributed by atoms with Crippen molar-refractivity contribution < 1.29 is 9.53 Å². The van der Waals surface area contributed by atoms with E-state index in [2.05, 4.69) is 64.1 Å². The van der Waals surface area contributed by atoms with Crippen LogP contribution in [0.1, 0.15) is 37.5 Å². The van der Waals surface area contributed by atoms with Crippen LogP contribution in [-0.4, -0.2) is 20.0 Å². The summed E-state index contributed by atoms with van der Waals surface area (Å²) in [6, 6.07) is 21.7. The second-order valence-corrected chi connectivity index (χ2v) is 11.2. The van der Waals surface area contributed by atoms with Gasteiger partial charge in [0.1, 0.15) is 5.76 Å². The fourth-order valence-corrected chi connectivity index (χ4v) is 5.72. The Morgan fingerprint density at radius 1 is 0.840 bits per heavy atom. The molecule has 0 aliphatic heterocycles. The number of aliphatic hydroxyl groups is 1. The van der Waals surface area contributed by atoms with Crippen LogP contribution in [0.2, 0.25) is 18.1 Å². The van der Waals surface area contributed by atoms with Crippen molar-refractivity contribution in [3.05, 3.63) is 71.3 Å². The first kappa shape index (κ1) is 19.5. The molecule has 0 aliphatic carbocycles. The summed E-state index contributed by atoms with van der Waals surface area (Å²) >= 11 is 0. The maximum atomic E-state index is 10.2. The van der Waals surface area contributed by atoms with Gasteiger partial charge in [0.2, 0.25) is 0 Å². The number of aliphatic hydroxyl groups excluding tert-OH is 1. The van der Waals surface area contributed by atoms with Gasteiger partial charge in [-0.15, -0.1) is 0 Å². The van der Waals surface area contributed by atoms with Crippen LogP contribution in [-0.2, 0) is 4.43 Å². The van der Waals surface area contributed by atoms with E-state index in [1.165, 1.54) is 5.56 Å². The highest BCUT2D eigenvalue weighted by atomic mass is 28.4. The average Bonchev–Trinajstić information content (AvgIpc) is 2.67. The van der Waals surface area contributed by atoms with Crippen molar-refractivity contribution in [2.24, 2.45) is 0 Å². The molecule has 0 amide bonds. The van der Waals surface area contributed by atoms with E-state index in [9.17, 15) is 5.11 Å². The molecule has 25 heavy (non-hydrogen) atoms. The Hall–Kier alpha value is -1.84. The smallest absolute Gasteiger partial charge is 0.250 e. The first-order valence-corrected chi connectivity index (χ1v) is 11.8. The lowest BCUT2D eigenvalue weighted by Crippen LogP contribution is -2.35. The largest absolute Gasteiger partial charge is 0.543 e. The molecule has 1 N–H and O–H groups in total. The third-order valence-corrected chi connectivity index (χ3v) is 9.62. The predicted octanol–water partition coefficient (Wildman–Crippen LogP) is 5.88. The molecule has 0 atom stereocenters. The van der Waals surface area contributed by atoms with Crippen molar-refractivity contribution in [3.63, 3.8) is 0 Å². The topological polar surface area (TPSA) is 29.5 Å². The molecule has 0 aliphatic rings. The molecular formula is C22H30O2Si. The van der Waals surface area contributed by atoms with E-state index in [-0.39, 0.29) is 6.61 Å². The van der Waals surface area contributed by atoms with E-state index in [4.69, 9.17) is 4.43 Å². The van der Waals surface area contributed by atoms with Gasteiger partial charge in [-0.3, -0.25) is 0 Å². The molecular weight excluding hydrogens is 324 g/mol. The van der Waals surface area contributed by atoms with Crippen molar-refractivity contribution in [1.29, 1.82) is 0 Å². The van der Waals surface area contributed by atoms with Crippen LogP contribution in [0, 0.1) is 6.92 Å². The Bertz CT molecular complexity index is 677. The summed E-state index contributed by atoms with van der Waals surface area (Å²) in [4.78, 5) is 0. The van der Waals surface area contributed by atoms with Gasteiger partial charge in [0, 0.05) is 11.1 Å². The van der Waals surface area contributed by atoms with E-state index in [1.807, 2.05) is 18.2 Å². The van der Waals surface area contributed by atoms with Crippen LogP contribution in [0.3, 0.4) is 0 Å². The molecule has 2 nitrogen and oxygen atoms in total. The summed E-state index contributed by atoms with van der Waals surface area (Å²) in [5, 5.41) is 10.2. The van der Waals surface area contributed by atoms with Crippen molar-refractivity contribution >= 4 is 19.6 Å². The molecule has 2 aromatic carbocycles. The van der Waals surface area contributed by atoms with E-state index < -0.39 is 8.32 Å². The zero-order chi connectivity index (χ0) is 18.3. The maximum absolute atomic E-state index is 10.2. The lowest BCUT2D eigenvalue weighted by atomic mass is 10.0. The van der Waals surface area contributed by atoms with Gasteiger partial charge in [-0.1, -0.05) is 80.9 Å². The van der Waals surface area contributed by atoms with Gasteiger partial charge >= 0.3 is 0 Å². The van der Waals surface area contributed by atoms with Gasteiger partial charge in [-0.25, -0.2) is 0 Å². The van der Waals surface area contributed by atoms with Crippen LogP contribution in [0.15, 0.2) is 54.6 Å². The minimum Gasteiger partial charge on any atom is -0.543 e. The Labute approximate surface area is 153 Å². The molecule has 134 valence electrons. The molecule has 3 heteroatoms. The van der Waals surface area contributed by atoms with Gasteiger partial charge in [0.05, 0.1) is 6.61 Å². The van der Waals surface area contributed by atoms with E-state index in [0.717, 1.165) is 40.6 Å². The van der Waals surface area contributed by atoms with Crippen LogP contribution < -0.4 is 0 Å². The quantitative estimate of drug-likeness (QED) is 0.364. The summed E-state index contributed by atoms with van der Waals surface area (Å²) in [7, 11) is -1.86. The Balaban J connectivity index is 2.61. The molecule has 0 saturated heterocycles. The highest BCUT2D eigenvalue weighted by molar-refractivity contribution is 6.74. The van der Waals surface area contributed by atoms with E-state index in [1.54, 1.807) is 0 Å². The normalized spacial score (nSPS) is 12.7. The summed E-state index contributed by atoms with van der Waals surface area (Å²) in [5.41, 5.74) is 4.15. The number of benzene rings is 2. The van der Waals surface area contributed by atoms with Crippen LogP contribution in [0.4, 0.5) is 0 Å². The fourth-order valence-electron chi connectivity index (χ4n) is 3.12. The van der Waals surface area contributed by atoms with Gasteiger partial charge in [0.15, 0.2) is 0 Å². The van der Waals surface area contributed by atoms with Crippen molar-refractivity contribution in [3.8, 4) is 0 Å². The molecule has 0 saturated carbocycles. The third kappa shape index (κ3) is 4.62. The molecule has 0 unspecified atom stereocenters. The Morgan fingerprint density at radius 2 is 1.40 bits per heavy atom. The molecule has 0 bridgehead atoms. The lowest BCUT2D eigenvalue weighted by Gasteiger charge is -2.32. The third-order valence-electron chi connectivity index (χ3n) is 5.12. The number of hydrogen-bond acceptors (Lipinski definition) is 2. The molecule has 0 aromatic heterocycles. The predicted molar refractivity (Wildman–Crippen MR) is 110 cm³/mol. The highest BCUT2D eigenvalue weighted by Crippen LogP contribution is 2.34. The summed E-state index contributed by atoms with van der Waals surface area (Å²) in [5.74, 6) is 0.851. The van der Waals surface area contributed by atoms with E-state index >= 15 is 0 Å². The minimum absolute atomic E-state index is 0.0328. The van der Waals surface area contributed by atoms with E-state index in [0.29, 0.717) is 0 Å². The monoisotopic (exact) mass is 354 g/mol. The number of aryl methyl sites for hydroxylation is 1. The molecule has 2 aromatic rings. The highest BCUT2D eigenvalue weighted by Gasteiger charge is 2.32. The van der Waals surface area contributed by atoms with Gasteiger partial charge in [-0.2, -0.15) is 0 Å². The van der Waals surface area contributed by atoms with Crippen LogP contribution in [0.5, 0.6) is 0 Å². The molecule has 0 spiro atoms. The minimum atomic E-state index is -1.86. The zero-order valence-corrected chi connectivity index (χ0v) is 16.9. The fraction of sp³-hybridized carbons (Fsp3) is 0.364. The van der Waals surface area contributed by atoms with Crippen LogP contribution >= 0.6 is 0 Å². The second-order valence-electron chi connectivity index (χ2n) is 6.54. The van der Waals surface area contributed by atoms with Crippen molar-refractivity contribution in [2.45, 2.75) is 45.8 Å². The van der Waals surface area contributed by atoms with Gasteiger partial charge in [0.25, 0.3) is 8.32 Å². The van der Waals surface area contributed by atoms with Gasteiger partial charge in [-0.05, 0) is 30.6 Å². The first-order chi connectivity index (χ1) is 12.1. The maximum Gasteiger partial charge on any atom is 0.250 e. The molecule has 0 heterocycles. The van der Waals surface area contributed by atoms with Crippen molar-refractivity contribution in [1.82, 2.24) is 0 Å². The summed E-state index contributed by atoms with van der Waals surface area (Å²) < 4.78 is 6.77. The Morgan fingerprint density at radius 3 is 1.88 bits per heavy atom. The zero-order valence-electron chi connectivity index (χ0n) is 15.9. The molecule has 0 radical (unpaired) electrons. The Kier molecular flexibility index (Phi) is 7.03. The average molecular weight is 355 g/mol. The summed E-state index contributed by atoms with van der Waals surface area (Å²) in [6.07, 6.45) is 0. The molecule has 0 fully saturated rings. The van der Waals surface area contributed by atoms with Gasteiger partial charge < -0.3 is 9.53 Å². The summed E-state index contributed by atoms with van der Waals surface area (Å²) in [6.45, 7) is 8.73. The molecule has 2 rings (SSSR count). The van der Waals surface area contributed by atoms with Crippen LogP contribution in [0.25, 0.3) is 11.3 Å². The lowest BCUT2D eigenvalue weighted by molar-refractivity contribution is 0.347. The number of rotatable bonds is 8. The second kappa shape index (κ2) is 9.02. The SMILES string of the molecule is CC[Si](CC)(CC)O/C(=C(/CO)c1ccc(C)cc1)c1ccccc1. The first-order valence-electron chi connectivity index (χ1n) is 9.24. The number of hydrogen-bond donors (Lipinski definition) is 1. The van der Waals surface area contributed by atoms with Crippen molar-refractivity contribution in [2.75, 3.05) is 6.61 Å².